The van der Waals surface area contributed by atoms with E-state index in [1.807, 2.05) is 13.8 Å². The first-order valence-electron chi connectivity index (χ1n) is 9.76. The van der Waals surface area contributed by atoms with Gasteiger partial charge in [-0.05, 0) is 76.4 Å². The van der Waals surface area contributed by atoms with Gasteiger partial charge in [0.05, 0.1) is 19.8 Å². The molecule has 0 aliphatic carbocycles. The van der Waals surface area contributed by atoms with Crippen LogP contribution in [-0.2, 0) is 22.3 Å². The van der Waals surface area contributed by atoms with Crippen molar-refractivity contribution in [3.05, 3.63) is 29.3 Å². The zero-order valence-electron chi connectivity index (χ0n) is 16.1. The highest BCUT2D eigenvalue weighted by molar-refractivity contribution is 5.41. The second kappa shape index (κ2) is 8.52. The highest BCUT2D eigenvalue weighted by atomic mass is 16.7. The zero-order valence-corrected chi connectivity index (χ0v) is 16.1. The molecule has 25 heavy (non-hydrogen) atoms. The van der Waals surface area contributed by atoms with Gasteiger partial charge in [-0.1, -0.05) is 18.6 Å². The van der Waals surface area contributed by atoms with Gasteiger partial charge in [0.2, 0.25) is 0 Å². The fourth-order valence-corrected chi connectivity index (χ4v) is 4.04. The summed E-state index contributed by atoms with van der Waals surface area (Å²) >= 11 is 0. The number of hydrogen-bond acceptors (Lipinski definition) is 4. The Balaban J connectivity index is 1.62. The first-order valence-corrected chi connectivity index (χ1v) is 9.76. The summed E-state index contributed by atoms with van der Waals surface area (Å²) in [6, 6.07) is 6.41. The smallest absolute Gasteiger partial charge is 0.163 e. The molecule has 2 heterocycles. The van der Waals surface area contributed by atoms with E-state index < -0.39 is 5.79 Å². The van der Waals surface area contributed by atoms with Gasteiger partial charge in [-0.2, -0.15) is 0 Å². The lowest BCUT2D eigenvalue weighted by Crippen LogP contribution is -2.30. The molecule has 3 rings (SSSR count). The van der Waals surface area contributed by atoms with E-state index in [1.165, 1.54) is 56.4 Å². The van der Waals surface area contributed by atoms with Gasteiger partial charge in [0.1, 0.15) is 5.75 Å². The van der Waals surface area contributed by atoms with Gasteiger partial charge < -0.3 is 19.1 Å². The topological polar surface area (TPSA) is 30.9 Å². The summed E-state index contributed by atoms with van der Waals surface area (Å²) in [5.74, 6) is 0.505. The fourth-order valence-electron chi connectivity index (χ4n) is 4.04. The van der Waals surface area contributed by atoms with Crippen LogP contribution in [-0.4, -0.2) is 50.1 Å². The zero-order chi connectivity index (χ0) is 17.7. The third kappa shape index (κ3) is 5.19. The Morgan fingerprint density at radius 3 is 2.68 bits per heavy atom. The Morgan fingerprint density at radius 1 is 1.20 bits per heavy atom. The summed E-state index contributed by atoms with van der Waals surface area (Å²) < 4.78 is 17.4. The summed E-state index contributed by atoms with van der Waals surface area (Å²) in [5, 5.41) is 0. The summed E-state index contributed by atoms with van der Waals surface area (Å²) in [7, 11) is 1.76. The number of rotatable bonds is 7. The molecular weight excluding hydrogens is 314 g/mol. The van der Waals surface area contributed by atoms with Gasteiger partial charge in [0.15, 0.2) is 5.79 Å². The Hall–Kier alpha value is -1.10. The summed E-state index contributed by atoms with van der Waals surface area (Å²) in [4.78, 5) is 2.61. The van der Waals surface area contributed by atoms with Gasteiger partial charge in [-0.15, -0.1) is 0 Å². The minimum absolute atomic E-state index is 0.104. The van der Waals surface area contributed by atoms with Crippen LogP contribution in [0.25, 0.3) is 0 Å². The maximum absolute atomic E-state index is 6.02. The van der Waals surface area contributed by atoms with Crippen LogP contribution in [0.15, 0.2) is 18.2 Å². The number of aryl methyl sites for hydroxylation is 1. The predicted octanol–water partition coefficient (Wildman–Crippen LogP) is 3.81. The van der Waals surface area contributed by atoms with Crippen LogP contribution in [0.2, 0.25) is 0 Å². The van der Waals surface area contributed by atoms with Crippen molar-refractivity contribution in [1.29, 1.82) is 0 Å². The fraction of sp³-hybridized carbons (Fsp3) is 0.714. The Morgan fingerprint density at radius 2 is 2.00 bits per heavy atom. The van der Waals surface area contributed by atoms with E-state index in [0.29, 0.717) is 6.61 Å². The van der Waals surface area contributed by atoms with Crippen molar-refractivity contribution in [2.24, 2.45) is 0 Å². The number of benzene rings is 1. The lowest BCUT2D eigenvalue weighted by atomic mass is 9.97. The number of nitrogens with zero attached hydrogens (tertiary/aromatic N) is 1. The van der Waals surface area contributed by atoms with Gasteiger partial charge >= 0.3 is 0 Å². The van der Waals surface area contributed by atoms with Gasteiger partial charge in [-0.25, -0.2) is 0 Å². The lowest BCUT2D eigenvalue weighted by molar-refractivity contribution is -0.138. The number of methoxy groups -OCH3 is 1. The molecule has 1 unspecified atom stereocenters. The molecule has 0 radical (unpaired) electrons. The number of likely N-dealkylation sites (tertiary alicyclic amines) is 1. The molecule has 0 saturated carbocycles. The van der Waals surface area contributed by atoms with Crippen molar-refractivity contribution in [3.8, 4) is 5.75 Å². The van der Waals surface area contributed by atoms with Gasteiger partial charge in [0, 0.05) is 6.42 Å². The van der Waals surface area contributed by atoms with E-state index in [2.05, 4.69) is 23.1 Å². The molecule has 1 atom stereocenters. The van der Waals surface area contributed by atoms with E-state index in [9.17, 15) is 0 Å². The van der Waals surface area contributed by atoms with Crippen LogP contribution in [0.5, 0.6) is 5.75 Å². The molecule has 1 aromatic rings. The molecule has 2 aliphatic rings. The number of piperidine rings is 1. The van der Waals surface area contributed by atoms with E-state index in [0.717, 1.165) is 18.6 Å². The average Bonchev–Trinajstić information content (AvgIpc) is 2.96. The Labute approximate surface area is 152 Å². The second-order valence-electron chi connectivity index (χ2n) is 7.76. The maximum atomic E-state index is 6.02. The second-order valence-corrected chi connectivity index (χ2v) is 7.76. The summed E-state index contributed by atoms with van der Waals surface area (Å²) in [6.07, 6.45) is 7.38. The largest absolute Gasteiger partial charge is 0.496 e. The molecular formula is C21H33NO3. The molecule has 2 fully saturated rings. The monoisotopic (exact) mass is 347 g/mol. The molecule has 2 aliphatic heterocycles. The first kappa shape index (κ1) is 18.7. The molecule has 0 spiro atoms. The molecule has 4 heteroatoms. The van der Waals surface area contributed by atoms with Crippen molar-refractivity contribution < 1.29 is 14.2 Å². The predicted molar refractivity (Wildman–Crippen MR) is 100 cm³/mol. The molecule has 0 bridgehead atoms. The maximum Gasteiger partial charge on any atom is 0.163 e. The molecule has 0 N–H and O–H groups in total. The number of ether oxygens (including phenoxy) is 3. The molecule has 0 amide bonds. The van der Waals surface area contributed by atoms with Crippen molar-refractivity contribution >= 4 is 0 Å². The van der Waals surface area contributed by atoms with E-state index in [1.54, 1.807) is 7.11 Å². The number of hydrogen-bond donors (Lipinski definition) is 0. The van der Waals surface area contributed by atoms with E-state index in [-0.39, 0.29) is 6.10 Å². The van der Waals surface area contributed by atoms with Crippen molar-refractivity contribution in [2.75, 3.05) is 33.4 Å². The summed E-state index contributed by atoms with van der Waals surface area (Å²) in [6.45, 7) is 8.36. The Bertz CT molecular complexity index is 552. The highest BCUT2D eigenvalue weighted by Gasteiger charge is 2.33. The van der Waals surface area contributed by atoms with Crippen LogP contribution in [0.3, 0.4) is 0 Å². The SMILES string of the molecule is COc1cccc(CCCN2CCCCC2)c1CC1COC(C)(C)O1. The first-order chi connectivity index (χ1) is 12.1. The van der Waals surface area contributed by atoms with Crippen molar-refractivity contribution in [1.82, 2.24) is 4.90 Å². The normalized spacial score (nSPS) is 23.7. The van der Waals surface area contributed by atoms with Crippen LogP contribution < -0.4 is 4.74 Å². The molecule has 140 valence electrons. The van der Waals surface area contributed by atoms with Gasteiger partial charge in [0.25, 0.3) is 0 Å². The third-order valence-electron chi connectivity index (χ3n) is 5.32. The summed E-state index contributed by atoms with van der Waals surface area (Å²) in [5.41, 5.74) is 2.68. The standard InChI is InChI=1S/C21H33NO3/c1-21(2)24-16-18(25-21)15-19-17(9-7-11-20(19)23-3)10-8-14-22-12-5-4-6-13-22/h7,9,11,18H,4-6,8,10,12-16H2,1-3H3. The minimum Gasteiger partial charge on any atom is -0.496 e. The molecule has 2 saturated heterocycles. The van der Waals surface area contributed by atoms with Gasteiger partial charge in [-0.3, -0.25) is 0 Å². The lowest BCUT2D eigenvalue weighted by Gasteiger charge is -2.26. The molecule has 1 aromatic carbocycles. The molecule has 0 aromatic heterocycles. The van der Waals surface area contributed by atoms with Crippen molar-refractivity contribution in [2.45, 2.75) is 64.3 Å². The van der Waals surface area contributed by atoms with Crippen LogP contribution in [0, 0.1) is 0 Å². The third-order valence-corrected chi connectivity index (χ3v) is 5.32. The van der Waals surface area contributed by atoms with Crippen LogP contribution >= 0.6 is 0 Å². The molecule has 4 nitrogen and oxygen atoms in total. The minimum atomic E-state index is -0.471. The van der Waals surface area contributed by atoms with Crippen LogP contribution in [0.4, 0.5) is 0 Å². The quantitative estimate of drug-likeness (QED) is 0.750. The Kier molecular flexibility index (Phi) is 6.37. The van der Waals surface area contributed by atoms with Crippen molar-refractivity contribution in [3.63, 3.8) is 0 Å². The average molecular weight is 347 g/mol. The highest BCUT2D eigenvalue weighted by Crippen LogP contribution is 2.30. The van der Waals surface area contributed by atoms with E-state index >= 15 is 0 Å². The van der Waals surface area contributed by atoms with E-state index in [4.69, 9.17) is 14.2 Å². The van der Waals surface area contributed by atoms with Crippen LogP contribution in [0.1, 0.15) is 50.7 Å².